The second-order valence-electron chi connectivity index (χ2n) is 15.6. The van der Waals surface area contributed by atoms with E-state index in [9.17, 15) is 32.3 Å². The van der Waals surface area contributed by atoms with Crippen LogP contribution in [0.1, 0.15) is 92.9 Å². The number of fused-ring (bicyclic) bond motifs is 2. The first-order valence-electron chi connectivity index (χ1n) is 18.9. The highest BCUT2D eigenvalue weighted by Gasteiger charge is 2.67. The number of alkyl halides is 3. The van der Waals surface area contributed by atoms with E-state index < -0.39 is 41.2 Å². The molecule has 2 N–H and O–H groups in total. The minimum absolute atomic E-state index is 0.135. The predicted molar refractivity (Wildman–Crippen MR) is 210 cm³/mol. The van der Waals surface area contributed by atoms with Gasteiger partial charge in [0, 0.05) is 60.3 Å². The first-order chi connectivity index (χ1) is 26.9. The molecule has 3 aromatic heterocycles. The van der Waals surface area contributed by atoms with E-state index in [2.05, 4.69) is 43.3 Å². The number of nitrogens with one attached hydrogen (secondary N) is 2. The van der Waals surface area contributed by atoms with Crippen LogP contribution < -0.4 is 10.6 Å². The van der Waals surface area contributed by atoms with E-state index >= 15 is 0 Å². The zero-order chi connectivity index (χ0) is 41.4. The van der Waals surface area contributed by atoms with E-state index in [-0.39, 0.29) is 48.6 Å². The Morgan fingerprint density at radius 1 is 1.05 bits per heavy atom. The number of aryl methyl sites for hydroxylation is 2. The molecule has 3 amide bonds. The Labute approximate surface area is 329 Å². The maximum Gasteiger partial charge on any atom is 0.433 e. The van der Waals surface area contributed by atoms with E-state index in [4.69, 9.17) is 0 Å². The third-order valence-electron chi connectivity index (χ3n) is 10.8. The predicted octanol–water partition coefficient (Wildman–Crippen LogP) is 7.26. The number of amides is 3. The second kappa shape index (κ2) is 16.0. The number of halogens is 3. The number of likely N-dealkylation sites (tertiary alicyclic amines) is 1. The number of rotatable bonds is 14. The number of hydrogen-bond donors (Lipinski definition) is 2. The van der Waals surface area contributed by atoms with Crippen molar-refractivity contribution in [3.63, 3.8) is 0 Å². The third kappa shape index (κ3) is 8.82. The van der Waals surface area contributed by atoms with Gasteiger partial charge >= 0.3 is 6.18 Å². The SMILES string of the molecule is C=Cc1cc(-c2cnc(C)nc2)cc2c(C(C)=O)nn(CC(=O)N3[C@H](C(=O)Nc4nc(C(F)(F)F)ccc4C)C[C@@]4(CNC(=O)C[C@@H](C)CCC=C(C)C)C[C@@H]34)c12. The van der Waals surface area contributed by atoms with Crippen molar-refractivity contribution in [3.8, 4) is 11.1 Å². The maximum absolute atomic E-state index is 14.5. The molecule has 4 atom stereocenters. The number of pyridine rings is 1. The highest BCUT2D eigenvalue weighted by Crippen LogP contribution is 2.59. The molecule has 4 heterocycles. The van der Waals surface area contributed by atoms with Crippen LogP contribution in [0.4, 0.5) is 19.0 Å². The van der Waals surface area contributed by atoms with Crippen molar-refractivity contribution in [2.24, 2.45) is 11.3 Å². The van der Waals surface area contributed by atoms with Gasteiger partial charge in [0.15, 0.2) is 5.78 Å². The standard InChI is InChI=1S/C42H47F3N8O4/c1-8-28-15-29(30-19-46-27(7)47-20-30)16-31-37(26(6)54)51-52(38(28)31)21-36(56)53-32(40(57)50-39-25(5)12-13-33(49-39)42(43,44)45)17-41(18-34(41)53)22-48-35(55)14-24(4)11-9-10-23(2)3/h8,10,12-13,15-16,19-20,24,32,34H,1,9,11,14,17-18,21-22H2,2-7H3,(H,48,55)(H,49,50,57)/t24-,32-,34+,41-/m0/s1. The summed E-state index contributed by atoms with van der Waals surface area (Å²) in [6.07, 6.45) is 5.06. The van der Waals surface area contributed by atoms with Crippen LogP contribution >= 0.6 is 0 Å². The number of piperidine rings is 1. The number of carbonyl (C=O) groups excluding carboxylic acids is 4. The summed E-state index contributed by atoms with van der Waals surface area (Å²) in [6, 6.07) is 4.16. The lowest BCUT2D eigenvalue weighted by atomic mass is 9.97. The Hall–Kier alpha value is -5.73. The van der Waals surface area contributed by atoms with Crippen LogP contribution in [0.5, 0.6) is 0 Å². The first kappa shape index (κ1) is 40.9. The zero-order valence-electron chi connectivity index (χ0n) is 33.0. The zero-order valence-corrected chi connectivity index (χ0v) is 33.0. The molecule has 1 aromatic carbocycles. The van der Waals surface area contributed by atoms with E-state index in [0.29, 0.717) is 51.8 Å². The lowest BCUT2D eigenvalue weighted by Gasteiger charge is -2.27. The number of carbonyl (C=O) groups is 4. The van der Waals surface area contributed by atoms with Gasteiger partial charge in [0.2, 0.25) is 17.7 Å². The molecule has 1 saturated carbocycles. The average molecular weight is 785 g/mol. The average Bonchev–Trinajstić information content (AvgIpc) is 3.56. The monoisotopic (exact) mass is 784 g/mol. The van der Waals surface area contributed by atoms with Crippen molar-refractivity contribution >= 4 is 46.3 Å². The molecule has 0 unspecified atom stereocenters. The molecule has 0 radical (unpaired) electrons. The van der Waals surface area contributed by atoms with E-state index in [1.165, 1.54) is 35.1 Å². The largest absolute Gasteiger partial charge is 0.433 e. The van der Waals surface area contributed by atoms with Crippen LogP contribution in [0, 0.1) is 25.2 Å². The van der Waals surface area contributed by atoms with Crippen molar-refractivity contribution in [2.75, 3.05) is 11.9 Å². The molecule has 1 saturated heterocycles. The molecule has 57 heavy (non-hydrogen) atoms. The smallest absolute Gasteiger partial charge is 0.355 e. The van der Waals surface area contributed by atoms with Crippen molar-refractivity contribution in [3.05, 3.63) is 83.2 Å². The Balaban J connectivity index is 1.29. The maximum atomic E-state index is 14.5. The van der Waals surface area contributed by atoms with Crippen molar-refractivity contribution in [1.29, 1.82) is 0 Å². The number of Topliss-reactive ketones (excluding diaryl/α,β-unsaturated/α-hetero) is 1. The minimum Gasteiger partial charge on any atom is -0.355 e. The van der Waals surface area contributed by atoms with Crippen LogP contribution in [-0.2, 0) is 27.1 Å². The van der Waals surface area contributed by atoms with Gasteiger partial charge in [-0.1, -0.05) is 37.3 Å². The molecule has 6 rings (SSSR count). The van der Waals surface area contributed by atoms with Gasteiger partial charge in [-0.05, 0) is 88.6 Å². The summed E-state index contributed by atoms with van der Waals surface area (Å²) in [6.45, 7) is 14.6. The lowest BCUT2D eigenvalue weighted by Crippen LogP contribution is -2.47. The van der Waals surface area contributed by atoms with Gasteiger partial charge in [-0.15, -0.1) is 0 Å². The van der Waals surface area contributed by atoms with Gasteiger partial charge in [-0.2, -0.15) is 18.3 Å². The van der Waals surface area contributed by atoms with Gasteiger partial charge in [-0.25, -0.2) is 15.0 Å². The van der Waals surface area contributed by atoms with Gasteiger partial charge in [0.1, 0.15) is 35.6 Å². The van der Waals surface area contributed by atoms with Crippen molar-refractivity contribution in [2.45, 2.75) is 98.5 Å². The number of benzene rings is 1. The Morgan fingerprint density at radius 2 is 1.77 bits per heavy atom. The van der Waals surface area contributed by atoms with E-state index in [1.807, 2.05) is 26.8 Å². The number of nitrogens with zero attached hydrogens (tertiary/aromatic N) is 6. The summed E-state index contributed by atoms with van der Waals surface area (Å²) in [7, 11) is 0. The topological polar surface area (TPSA) is 152 Å². The molecule has 2 fully saturated rings. The molecule has 0 bridgehead atoms. The summed E-state index contributed by atoms with van der Waals surface area (Å²) >= 11 is 0. The fourth-order valence-electron chi connectivity index (χ4n) is 7.70. The molecule has 0 spiro atoms. The molecular formula is C42H47F3N8O4. The minimum atomic E-state index is -4.74. The van der Waals surface area contributed by atoms with E-state index in [0.717, 1.165) is 18.9 Å². The Morgan fingerprint density at radius 3 is 2.42 bits per heavy atom. The summed E-state index contributed by atoms with van der Waals surface area (Å²) < 4.78 is 42.2. The molecule has 1 aliphatic heterocycles. The van der Waals surface area contributed by atoms with Gasteiger partial charge < -0.3 is 15.5 Å². The summed E-state index contributed by atoms with van der Waals surface area (Å²) in [5.74, 6) is -1.18. The van der Waals surface area contributed by atoms with Gasteiger partial charge in [0.25, 0.3) is 0 Å². The molecular weight excluding hydrogens is 738 g/mol. The quantitative estimate of drug-likeness (QED) is 0.100. The molecule has 2 aliphatic rings. The highest BCUT2D eigenvalue weighted by molar-refractivity contribution is 6.08. The molecule has 12 nitrogen and oxygen atoms in total. The molecule has 15 heteroatoms. The Kier molecular flexibility index (Phi) is 11.5. The van der Waals surface area contributed by atoms with Crippen LogP contribution in [0.2, 0.25) is 0 Å². The summed E-state index contributed by atoms with van der Waals surface area (Å²) in [4.78, 5) is 68.2. The van der Waals surface area contributed by atoms with Crippen LogP contribution in [-0.4, -0.2) is 71.8 Å². The normalized spacial score (nSPS) is 19.1. The van der Waals surface area contributed by atoms with Gasteiger partial charge in [-0.3, -0.25) is 23.9 Å². The molecule has 4 aromatic rings. The lowest BCUT2D eigenvalue weighted by molar-refractivity contribution is -0.141. The Bertz CT molecular complexity index is 2280. The molecule has 1 aliphatic carbocycles. The molecule has 300 valence electrons. The number of aromatic nitrogens is 5. The fourth-order valence-corrected chi connectivity index (χ4v) is 7.70. The van der Waals surface area contributed by atoms with Crippen LogP contribution in [0.25, 0.3) is 28.1 Å². The third-order valence-corrected chi connectivity index (χ3v) is 10.8. The highest BCUT2D eigenvalue weighted by atomic mass is 19.4. The number of ketones is 1. The fraction of sp³-hybridized carbons (Fsp3) is 0.429. The van der Waals surface area contributed by atoms with Crippen LogP contribution in [0.3, 0.4) is 0 Å². The van der Waals surface area contributed by atoms with Crippen molar-refractivity contribution in [1.82, 2.24) is 34.9 Å². The number of allylic oxidation sites excluding steroid dienone is 2. The van der Waals surface area contributed by atoms with E-state index in [1.54, 1.807) is 31.5 Å². The number of hydrogen-bond acceptors (Lipinski definition) is 8. The summed E-state index contributed by atoms with van der Waals surface area (Å²) in [5, 5.41) is 10.7. The van der Waals surface area contributed by atoms with Crippen LogP contribution in [0.15, 0.2) is 54.9 Å². The van der Waals surface area contributed by atoms with Gasteiger partial charge in [0.05, 0.1) is 5.52 Å². The summed E-state index contributed by atoms with van der Waals surface area (Å²) in [5.41, 5.74) is 2.37. The number of anilines is 1. The second-order valence-corrected chi connectivity index (χ2v) is 15.6. The first-order valence-corrected chi connectivity index (χ1v) is 18.9. The van der Waals surface area contributed by atoms with Crippen molar-refractivity contribution < 1.29 is 32.3 Å².